The molecule has 70 heavy (non-hydrogen) atoms. The summed E-state index contributed by atoms with van der Waals surface area (Å²) < 4.78 is 51.7. The lowest BCUT2D eigenvalue weighted by atomic mass is 9.80. The Bertz CT molecular complexity index is 2220. The standard InChI is InChI=1S/C60H88O8P2/c1-41(2)43-23-27-51(47(37-43)57(11,12)13)65-69(66-52-28-24-44(42(3)4)38-48(52)58(14,15)16)63-35-33-61-31-32-62-34-36-64-70(67-53-29-25-45(55(5,6)7)39-49(53)59(17,18)19)68-54-30-26-46(56(8,9)10)40-50(54)60(20,21)22/h23-30,37-40H,1,3,31-36H2,2,4-22H3. The van der Waals surface area contributed by atoms with Crippen LogP contribution in [-0.4, -0.2) is 39.6 Å². The molecule has 0 amide bonds. The van der Waals surface area contributed by atoms with Gasteiger partial charge in [-0.2, -0.15) is 0 Å². The third-order valence-electron chi connectivity index (χ3n) is 11.8. The van der Waals surface area contributed by atoms with E-state index in [0.717, 1.165) is 56.0 Å². The van der Waals surface area contributed by atoms with Crippen molar-refractivity contribution in [1.29, 1.82) is 0 Å². The lowest BCUT2D eigenvalue weighted by molar-refractivity contribution is 0.0257. The van der Waals surface area contributed by atoms with Crippen molar-refractivity contribution in [1.82, 2.24) is 0 Å². The van der Waals surface area contributed by atoms with E-state index in [-0.39, 0.29) is 45.7 Å². The third kappa shape index (κ3) is 17.5. The van der Waals surface area contributed by atoms with Gasteiger partial charge < -0.3 is 27.6 Å². The quantitative estimate of drug-likeness (QED) is 0.0604. The van der Waals surface area contributed by atoms with Gasteiger partial charge in [0.25, 0.3) is 0 Å². The van der Waals surface area contributed by atoms with Gasteiger partial charge in [0.1, 0.15) is 23.0 Å². The Hall–Kier alpha value is -3.74. The molecule has 0 unspecified atom stereocenters. The molecule has 0 aliphatic heterocycles. The van der Waals surface area contributed by atoms with Crippen molar-refractivity contribution in [3.05, 3.63) is 130 Å². The largest absolute Gasteiger partial charge is 0.463 e. The maximum atomic E-state index is 6.75. The van der Waals surface area contributed by atoms with E-state index in [4.69, 9.17) is 36.6 Å². The molecule has 386 valence electrons. The Morgan fingerprint density at radius 2 is 0.614 bits per heavy atom. The van der Waals surface area contributed by atoms with Crippen LogP contribution >= 0.6 is 17.2 Å². The van der Waals surface area contributed by atoms with Gasteiger partial charge in [-0.15, -0.1) is 0 Å². The van der Waals surface area contributed by atoms with E-state index in [2.05, 4.69) is 186 Å². The van der Waals surface area contributed by atoms with E-state index in [1.807, 2.05) is 38.1 Å². The molecule has 0 atom stereocenters. The van der Waals surface area contributed by atoms with Crippen molar-refractivity contribution in [3.63, 3.8) is 0 Å². The first kappa shape index (κ1) is 58.8. The van der Waals surface area contributed by atoms with Crippen LogP contribution in [0, 0.1) is 0 Å². The zero-order chi connectivity index (χ0) is 52.6. The Morgan fingerprint density at radius 1 is 0.357 bits per heavy atom. The smallest absolute Gasteiger partial charge is 0.417 e. The fourth-order valence-corrected chi connectivity index (χ4v) is 9.39. The lowest BCUT2D eigenvalue weighted by Gasteiger charge is -2.30. The Labute approximate surface area is 427 Å². The van der Waals surface area contributed by atoms with Gasteiger partial charge in [0.2, 0.25) is 0 Å². The summed E-state index contributed by atoms with van der Waals surface area (Å²) in [5.41, 5.74) is 10.0. The van der Waals surface area contributed by atoms with Gasteiger partial charge in [-0.3, -0.25) is 9.05 Å². The van der Waals surface area contributed by atoms with E-state index in [1.165, 1.54) is 11.1 Å². The maximum absolute atomic E-state index is 6.75. The van der Waals surface area contributed by atoms with Crippen molar-refractivity contribution in [2.75, 3.05) is 39.6 Å². The zero-order valence-corrected chi connectivity index (χ0v) is 48.5. The normalized spacial score (nSPS) is 12.9. The molecule has 0 radical (unpaired) electrons. The van der Waals surface area contributed by atoms with Crippen LogP contribution in [0.15, 0.2) is 86.0 Å². The molecule has 4 rings (SSSR count). The van der Waals surface area contributed by atoms with Crippen LogP contribution < -0.4 is 18.1 Å². The second-order valence-corrected chi connectivity index (χ2v) is 26.7. The van der Waals surface area contributed by atoms with Gasteiger partial charge in [-0.1, -0.05) is 185 Å². The Kier molecular flexibility index (Phi) is 20.1. The molecule has 10 heteroatoms. The average Bonchev–Trinajstić information content (AvgIpc) is 3.22. The highest BCUT2D eigenvalue weighted by Gasteiger charge is 2.31. The third-order valence-corrected chi connectivity index (χ3v) is 14.0. The van der Waals surface area contributed by atoms with Gasteiger partial charge in [0.05, 0.1) is 39.6 Å². The topological polar surface area (TPSA) is 73.8 Å². The number of hydrogen-bond acceptors (Lipinski definition) is 8. The summed E-state index contributed by atoms with van der Waals surface area (Å²) in [5.74, 6) is 2.90. The Morgan fingerprint density at radius 3 is 0.871 bits per heavy atom. The molecule has 0 bridgehead atoms. The zero-order valence-electron chi connectivity index (χ0n) is 46.7. The number of benzene rings is 4. The minimum Gasteiger partial charge on any atom is -0.417 e. The number of rotatable bonds is 21. The molecule has 0 aromatic heterocycles. The molecule has 4 aromatic carbocycles. The fraction of sp³-hybridized carbons (Fsp3) is 0.533. The maximum Gasteiger partial charge on any atom is 0.463 e. The predicted octanol–water partition coefficient (Wildman–Crippen LogP) is 17.7. The highest BCUT2D eigenvalue weighted by molar-refractivity contribution is 7.42. The van der Waals surface area contributed by atoms with Crippen molar-refractivity contribution in [3.8, 4) is 23.0 Å². The second-order valence-electron chi connectivity index (χ2n) is 24.6. The summed E-state index contributed by atoms with van der Waals surface area (Å²) in [4.78, 5) is 0. The molecule has 0 N–H and O–H groups in total. The molecular weight excluding hydrogens is 911 g/mol. The van der Waals surface area contributed by atoms with E-state index in [0.29, 0.717) is 37.9 Å². The molecule has 0 spiro atoms. The molecule has 0 fully saturated rings. The summed E-state index contributed by atoms with van der Waals surface area (Å²) in [6.07, 6.45) is 0. The van der Waals surface area contributed by atoms with E-state index in [9.17, 15) is 0 Å². The summed E-state index contributed by atoms with van der Waals surface area (Å²) in [5, 5.41) is 0. The SMILES string of the molecule is C=C(C)c1ccc(OP(OCCOCCOCCOP(Oc2ccc(C(C)(C)C)cc2C(C)(C)C)Oc2ccc(C(C)(C)C)cc2C(C)(C)C)Oc2ccc(C(=C)C)cc2C(C)(C)C)c(C(C)(C)C)c1. The minimum atomic E-state index is -1.89. The van der Waals surface area contributed by atoms with Crippen LogP contribution in [0.4, 0.5) is 0 Å². The minimum absolute atomic E-state index is 0.0176. The molecule has 0 aliphatic carbocycles. The van der Waals surface area contributed by atoms with Gasteiger partial charge in [0, 0.05) is 22.3 Å². The summed E-state index contributed by atoms with van der Waals surface area (Å²) in [7, 11) is -3.77. The first-order valence-corrected chi connectivity index (χ1v) is 27.0. The predicted molar refractivity (Wildman–Crippen MR) is 297 cm³/mol. The van der Waals surface area contributed by atoms with Crippen LogP contribution in [-0.2, 0) is 51.0 Å². The van der Waals surface area contributed by atoms with Gasteiger partial charge >= 0.3 is 17.2 Å². The number of allylic oxidation sites excluding steroid dienone is 2. The van der Waals surface area contributed by atoms with Crippen molar-refractivity contribution >= 4 is 28.4 Å². The van der Waals surface area contributed by atoms with Crippen LogP contribution in [0.2, 0.25) is 0 Å². The van der Waals surface area contributed by atoms with E-state index >= 15 is 0 Å². The summed E-state index contributed by atoms with van der Waals surface area (Å²) in [6, 6.07) is 25.2. The highest BCUT2D eigenvalue weighted by atomic mass is 31.2. The molecule has 0 heterocycles. The molecular formula is C60H88O8P2. The van der Waals surface area contributed by atoms with E-state index < -0.39 is 17.2 Å². The first-order chi connectivity index (χ1) is 32.2. The van der Waals surface area contributed by atoms with Gasteiger partial charge in [-0.25, -0.2) is 0 Å². The van der Waals surface area contributed by atoms with Gasteiger partial charge in [-0.05, 0) is 105 Å². The van der Waals surface area contributed by atoms with Crippen molar-refractivity contribution in [2.45, 2.75) is 171 Å². The lowest BCUT2D eigenvalue weighted by Crippen LogP contribution is -2.19. The van der Waals surface area contributed by atoms with Crippen LogP contribution in [0.1, 0.15) is 183 Å². The number of hydrogen-bond donors (Lipinski definition) is 0. The summed E-state index contributed by atoms with van der Waals surface area (Å²) >= 11 is 0. The monoisotopic (exact) mass is 999 g/mol. The molecule has 0 aliphatic rings. The Balaban J connectivity index is 1.44. The van der Waals surface area contributed by atoms with Crippen molar-refractivity contribution < 1.29 is 36.6 Å². The van der Waals surface area contributed by atoms with Crippen molar-refractivity contribution in [2.24, 2.45) is 0 Å². The van der Waals surface area contributed by atoms with E-state index in [1.54, 1.807) is 0 Å². The fourth-order valence-electron chi connectivity index (χ4n) is 7.37. The summed E-state index contributed by atoms with van der Waals surface area (Å²) in [6.45, 7) is 53.9. The first-order valence-electron chi connectivity index (χ1n) is 24.8. The molecule has 0 saturated heterocycles. The second kappa shape index (κ2) is 23.9. The molecule has 4 aromatic rings. The van der Waals surface area contributed by atoms with Crippen LogP contribution in [0.5, 0.6) is 23.0 Å². The highest BCUT2D eigenvalue weighted by Crippen LogP contribution is 2.50. The number of ether oxygens (including phenoxy) is 2. The van der Waals surface area contributed by atoms with Gasteiger partial charge in [0.15, 0.2) is 0 Å². The average molecular weight is 999 g/mol. The molecule has 8 nitrogen and oxygen atoms in total. The van der Waals surface area contributed by atoms with Crippen LogP contribution in [0.3, 0.4) is 0 Å². The van der Waals surface area contributed by atoms with Crippen LogP contribution in [0.25, 0.3) is 11.1 Å². The molecule has 0 saturated carbocycles.